The number of aromatic nitrogens is 1. The maximum Gasteiger partial charge on any atom is 0.273 e. The van der Waals surface area contributed by atoms with Crippen molar-refractivity contribution in [3.63, 3.8) is 0 Å². The predicted molar refractivity (Wildman–Crippen MR) is 98.3 cm³/mol. The molecule has 2 N–H and O–H groups in total. The third-order valence-electron chi connectivity index (χ3n) is 4.72. The summed E-state index contributed by atoms with van der Waals surface area (Å²) >= 11 is 0. The summed E-state index contributed by atoms with van der Waals surface area (Å²) in [6.45, 7) is 11.4. The van der Waals surface area contributed by atoms with Crippen molar-refractivity contribution < 1.29 is 9.21 Å². The number of furan rings is 1. The van der Waals surface area contributed by atoms with Crippen LogP contribution in [0.25, 0.3) is 6.08 Å². The number of nitrogens with zero attached hydrogens (tertiary/aromatic N) is 2. The first-order valence-electron chi connectivity index (χ1n) is 8.59. The number of carbonyl (C=O) groups is 1. The normalized spacial score (nSPS) is 16.0. The van der Waals surface area contributed by atoms with Crippen LogP contribution in [0.5, 0.6) is 0 Å². The number of H-pyrrole nitrogens is 1. The Hall–Kier alpha value is -2.60. The van der Waals surface area contributed by atoms with Crippen molar-refractivity contribution in [1.29, 1.82) is 0 Å². The molecule has 3 rings (SSSR count). The molecule has 25 heavy (non-hydrogen) atoms. The summed E-state index contributed by atoms with van der Waals surface area (Å²) in [5, 5.41) is 4.10. The molecule has 0 spiro atoms. The molecule has 6 nitrogen and oxygen atoms in total. The van der Waals surface area contributed by atoms with Crippen molar-refractivity contribution >= 4 is 17.7 Å². The number of nitrogens with one attached hydrogen (secondary N) is 2. The van der Waals surface area contributed by atoms with E-state index in [1.54, 1.807) is 18.4 Å². The molecular weight excluding hydrogens is 316 g/mol. The zero-order chi connectivity index (χ0) is 18.0. The molecule has 0 bridgehead atoms. The van der Waals surface area contributed by atoms with Crippen molar-refractivity contribution in [3.05, 3.63) is 52.2 Å². The summed E-state index contributed by atoms with van der Waals surface area (Å²) in [6, 6.07) is 3.58. The van der Waals surface area contributed by atoms with Crippen LogP contribution in [0, 0.1) is 13.8 Å². The predicted octanol–water partition coefficient (Wildman–Crippen LogP) is 2.98. The van der Waals surface area contributed by atoms with Crippen LogP contribution in [0.2, 0.25) is 0 Å². The second-order valence-electron chi connectivity index (χ2n) is 6.17. The highest BCUT2D eigenvalue weighted by molar-refractivity contribution is 6.32. The van der Waals surface area contributed by atoms with Crippen LogP contribution in [0.4, 0.5) is 0 Å². The number of hydrogen-bond donors (Lipinski definition) is 2. The van der Waals surface area contributed by atoms with Gasteiger partial charge in [0, 0.05) is 17.9 Å². The molecular formula is C19H24N4O2. The number of carbonyl (C=O) groups excluding carboxylic acids is 1. The van der Waals surface area contributed by atoms with E-state index in [1.807, 2.05) is 6.08 Å². The van der Waals surface area contributed by atoms with E-state index in [1.165, 1.54) is 5.56 Å². The van der Waals surface area contributed by atoms with Crippen LogP contribution in [0.15, 0.2) is 33.5 Å². The Kier molecular flexibility index (Phi) is 4.90. The standard InChI is InChI=1S/C19H24N4O2/c1-5-23(6-2)11-15-12(3)16(20-13(15)4)10-14-18(21-22-19(14)24)17-8-7-9-25-17/h7-10,20H,5-6,11H2,1-4H3,(H,22,24)/b14-10+. The van der Waals surface area contributed by atoms with Gasteiger partial charge in [0.1, 0.15) is 5.71 Å². The van der Waals surface area contributed by atoms with Gasteiger partial charge in [-0.1, -0.05) is 13.8 Å². The maximum absolute atomic E-state index is 12.2. The lowest BCUT2D eigenvalue weighted by Gasteiger charge is -2.18. The zero-order valence-corrected chi connectivity index (χ0v) is 15.1. The number of hydrazone groups is 1. The van der Waals surface area contributed by atoms with E-state index in [-0.39, 0.29) is 5.91 Å². The van der Waals surface area contributed by atoms with Crippen LogP contribution >= 0.6 is 0 Å². The smallest absolute Gasteiger partial charge is 0.273 e. The van der Waals surface area contributed by atoms with Crippen molar-refractivity contribution in [2.75, 3.05) is 13.1 Å². The Morgan fingerprint density at radius 3 is 2.68 bits per heavy atom. The minimum Gasteiger partial charge on any atom is -0.463 e. The fraction of sp³-hybridized carbons (Fsp3) is 0.368. The van der Waals surface area contributed by atoms with Gasteiger partial charge in [-0.3, -0.25) is 9.69 Å². The SMILES string of the molecule is CCN(CC)Cc1c(C)[nH]c(/C=C2/C(=O)NN=C2c2ccco2)c1C. The average molecular weight is 340 g/mol. The van der Waals surface area contributed by atoms with Crippen molar-refractivity contribution in [3.8, 4) is 0 Å². The van der Waals surface area contributed by atoms with Crippen molar-refractivity contribution in [2.45, 2.75) is 34.2 Å². The highest BCUT2D eigenvalue weighted by Gasteiger charge is 2.26. The molecule has 1 aliphatic rings. The molecule has 0 fully saturated rings. The molecule has 6 heteroatoms. The maximum atomic E-state index is 12.2. The summed E-state index contributed by atoms with van der Waals surface area (Å²) in [7, 11) is 0. The highest BCUT2D eigenvalue weighted by Crippen LogP contribution is 2.24. The molecule has 0 atom stereocenters. The van der Waals surface area contributed by atoms with Crippen molar-refractivity contribution in [1.82, 2.24) is 15.3 Å². The van der Waals surface area contributed by atoms with Crippen molar-refractivity contribution in [2.24, 2.45) is 5.10 Å². The fourth-order valence-electron chi connectivity index (χ4n) is 3.08. The first-order chi connectivity index (χ1) is 12.0. The van der Waals surface area contributed by atoms with Gasteiger partial charge in [0.05, 0.1) is 11.8 Å². The monoisotopic (exact) mass is 340 g/mol. The van der Waals surface area contributed by atoms with E-state index in [0.717, 1.165) is 36.6 Å². The molecule has 3 heterocycles. The van der Waals surface area contributed by atoms with Gasteiger partial charge in [-0.2, -0.15) is 5.10 Å². The zero-order valence-electron chi connectivity index (χ0n) is 15.1. The Labute approximate surface area is 147 Å². The summed E-state index contributed by atoms with van der Waals surface area (Å²) in [4.78, 5) is 18.0. The molecule has 1 aliphatic heterocycles. The Bertz CT molecular complexity index is 824. The second kappa shape index (κ2) is 7.11. The van der Waals surface area contributed by atoms with Gasteiger partial charge < -0.3 is 9.40 Å². The van der Waals surface area contributed by atoms with Gasteiger partial charge >= 0.3 is 0 Å². The molecule has 0 aromatic carbocycles. The highest BCUT2D eigenvalue weighted by atomic mass is 16.3. The second-order valence-corrected chi connectivity index (χ2v) is 6.17. The Morgan fingerprint density at radius 1 is 1.28 bits per heavy atom. The van der Waals surface area contributed by atoms with Gasteiger partial charge in [-0.25, -0.2) is 5.43 Å². The topological polar surface area (TPSA) is 73.6 Å². The Morgan fingerprint density at radius 2 is 2.04 bits per heavy atom. The van der Waals surface area contributed by atoms with E-state index in [0.29, 0.717) is 17.0 Å². The van der Waals surface area contributed by atoms with Crippen LogP contribution in [-0.2, 0) is 11.3 Å². The summed E-state index contributed by atoms with van der Waals surface area (Å²) < 4.78 is 5.39. The molecule has 0 saturated heterocycles. The van der Waals surface area contributed by atoms with Crippen LogP contribution < -0.4 is 5.43 Å². The number of rotatable bonds is 6. The molecule has 1 amide bonds. The fourth-order valence-corrected chi connectivity index (χ4v) is 3.08. The third kappa shape index (κ3) is 3.30. The van der Waals surface area contributed by atoms with E-state index < -0.39 is 0 Å². The molecule has 2 aromatic heterocycles. The van der Waals surface area contributed by atoms with Gasteiger partial charge in [-0.15, -0.1) is 0 Å². The molecule has 0 saturated carbocycles. The van der Waals surface area contributed by atoms with E-state index >= 15 is 0 Å². The molecule has 0 radical (unpaired) electrons. The molecule has 132 valence electrons. The lowest BCUT2D eigenvalue weighted by Crippen LogP contribution is -2.22. The first-order valence-corrected chi connectivity index (χ1v) is 8.59. The third-order valence-corrected chi connectivity index (χ3v) is 4.72. The van der Waals surface area contributed by atoms with Gasteiger partial charge in [0.2, 0.25) is 0 Å². The summed E-state index contributed by atoms with van der Waals surface area (Å²) in [6.07, 6.45) is 3.43. The average Bonchev–Trinajstić information content (AvgIpc) is 3.30. The lowest BCUT2D eigenvalue weighted by atomic mass is 10.0. The van der Waals surface area contributed by atoms with E-state index in [9.17, 15) is 4.79 Å². The van der Waals surface area contributed by atoms with E-state index in [4.69, 9.17) is 4.42 Å². The quantitative estimate of drug-likeness (QED) is 0.794. The minimum atomic E-state index is -0.219. The van der Waals surface area contributed by atoms with Gasteiger partial charge in [-0.05, 0) is 56.3 Å². The minimum absolute atomic E-state index is 0.219. The lowest BCUT2D eigenvalue weighted by molar-refractivity contribution is -0.116. The largest absolute Gasteiger partial charge is 0.463 e. The summed E-state index contributed by atoms with van der Waals surface area (Å²) in [5.74, 6) is 0.359. The van der Waals surface area contributed by atoms with Gasteiger partial charge in [0.25, 0.3) is 5.91 Å². The van der Waals surface area contributed by atoms with Crippen LogP contribution in [0.1, 0.15) is 42.1 Å². The van der Waals surface area contributed by atoms with Crippen LogP contribution in [-0.4, -0.2) is 34.6 Å². The molecule has 2 aromatic rings. The van der Waals surface area contributed by atoms with Crippen LogP contribution in [0.3, 0.4) is 0 Å². The Balaban J connectivity index is 1.95. The first kappa shape index (κ1) is 17.2. The summed E-state index contributed by atoms with van der Waals surface area (Å²) in [5.41, 5.74) is 8.07. The molecule has 0 unspecified atom stereocenters. The molecule has 0 aliphatic carbocycles. The van der Waals surface area contributed by atoms with Gasteiger partial charge in [0.15, 0.2) is 5.76 Å². The van der Waals surface area contributed by atoms with E-state index in [2.05, 4.69) is 48.1 Å². The number of aryl methyl sites for hydroxylation is 1. The number of amides is 1. The number of aromatic amines is 1. The number of hydrogen-bond acceptors (Lipinski definition) is 4.